The molecular weight excluding hydrogens is 264 g/mol. The van der Waals surface area contributed by atoms with Gasteiger partial charge >= 0.3 is 0 Å². The molecule has 0 saturated heterocycles. The van der Waals surface area contributed by atoms with Crippen LogP contribution in [0.1, 0.15) is 0 Å². The lowest BCUT2D eigenvalue weighted by Gasteiger charge is -2.09. The molecule has 0 aliphatic rings. The van der Waals surface area contributed by atoms with Gasteiger partial charge in [0.25, 0.3) is 0 Å². The maximum Gasteiger partial charge on any atom is 0.141 e. The van der Waals surface area contributed by atoms with Gasteiger partial charge in [-0.15, -0.1) is 0 Å². The van der Waals surface area contributed by atoms with Gasteiger partial charge in [0.15, 0.2) is 0 Å². The van der Waals surface area contributed by atoms with Gasteiger partial charge < -0.3 is 5.32 Å². The van der Waals surface area contributed by atoms with Crippen LogP contribution >= 0.6 is 0 Å². The molecule has 1 heterocycles. The van der Waals surface area contributed by atoms with Gasteiger partial charge in [0.1, 0.15) is 12.1 Å². The monoisotopic (exact) mass is 278 g/mol. The lowest BCUT2D eigenvalue weighted by molar-refractivity contribution is 1.08. The Labute approximate surface area is 121 Å². The van der Waals surface area contributed by atoms with Gasteiger partial charge in [-0.1, -0.05) is 23.4 Å². The Kier molecular flexibility index (Phi) is 3.68. The minimum absolute atomic E-state index is 0.753. The molecule has 0 bridgehead atoms. The van der Waals surface area contributed by atoms with Crippen LogP contribution in [-0.2, 0) is 0 Å². The fourth-order valence-electron chi connectivity index (χ4n) is 1.99. The van der Waals surface area contributed by atoms with E-state index in [4.69, 9.17) is 0 Å². The lowest BCUT2D eigenvalue weighted by Crippen LogP contribution is -1.96. The number of anilines is 3. The average Bonchev–Trinajstić information content (AvgIpc) is 2.54. The van der Waals surface area contributed by atoms with E-state index < -0.39 is 0 Å². The van der Waals surface area contributed by atoms with E-state index in [1.807, 2.05) is 48.5 Å². The summed E-state index contributed by atoms with van der Waals surface area (Å²) < 4.78 is 0. The van der Waals surface area contributed by atoms with Crippen LogP contribution in [0, 0.1) is 0 Å². The number of hydrogen-bond acceptors (Lipinski definition) is 5. The highest BCUT2D eigenvalue weighted by molar-refractivity contribution is 5.92. The molecule has 0 atom stereocenters. The molecule has 0 radical (unpaired) electrons. The van der Waals surface area contributed by atoms with Crippen molar-refractivity contribution >= 4 is 28.1 Å². The maximum absolute atomic E-state index is 4.32. The van der Waals surface area contributed by atoms with Crippen molar-refractivity contribution in [1.29, 1.82) is 0 Å². The number of rotatable bonds is 4. The molecule has 6 nitrogen and oxygen atoms in total. The molecule has 3 rings (SSSR count). The predicted molar refractivity (Wildman–Crippen MR) is 83.7 cm³/mol. The molecule has 0 amide bonds. The summed E-state index contributed by atoms with van der Waals surface area (Å²) in [4.78, 5) is 8.59. The van der Waals surface area contributed by atoms with E-state index in [0.717, 1.165) is 28.1 Å². The van der Waals surface area contributed by atoms with Gasteiger partial charge in [0.2, 0.25) is 0 Å². The number of benzene rings is 2. The van der Waals surface area contributed by atoms with Gasteiger partial charge in [0, 0.05) is 11.1 Å². The molecule has 2 aromatic carbocycles. The van der Waals surface area contributed by atoms with Crippen molar-refractivity contribution in [3.8, 4) is 0 Å². The minimum Gasteiger partial charge on any atom is -0.340 e. The topological polar surface area (TPSA) is 74.6 Å². The molecular formula is C15H14N6. The highest BCUT2D eigenvalue weighted by Crippen LogP contribution is 2.25. The molecule has 0 unspecified atom stereocenters. The van der Waals surface area contributed by atoms with Crippen LogP contribution in [-0.4, -0.2) is 17.0 Å². The second-order valence-electron chi connectivity index (χ2n) is 4.36. The first-order chi connectivity index (χ1) is 10.4. The molecule has 2 N–H and O–H groups in total. The lowest BCUT2D eigenvalue weighted by atomic mass is 10.2. The normalized spacial score (nSPS) is 10.9. The molecule has 0 spiro atoms. The number of nitrogens with one attached hydrogen (secondary N) is 2. The summed E-state index contributed by atoms with van der Waals surface area (Å²) in [6.07, 6.45) is 1.55. The van der Waals surface area contributed by atoms with Crippen LogP contribution in [0.4, 0.5) is 17.2 Å². The van der Waals surface area contributed by atoms with Crippen molar-refractivity contribution in [2.45, 2.75) is 0 Å². The van der Waals surface area contributed by atoms with Gasteiger partial charge in [-0.3, -0.25) is 5.43 Å². The third-order valence-corrected chi connectivity index (χ3v) is 2.95. The van der Waals surface area contributed by atoms with Crippen molar-refractivity contribution in [2.75, 3.05) is 17.8 Å². The van der Waals surface area contributed by atoms with E-state index >= 15 is 0 Å². The van der Waals surface area contributed by atoms with Crippen LogP contribution in [0.15, 0.2) is 65.2 Å². The fourth-order valence-corrected chi connectivity index (χ4v) is 1.99. The Balaban J connectivity index is 2.01. The average molecular weight is 278 g/mol. The van der Waals surface area contributed by atoms with Crippen molar-refractivity contribution in [2.24, 2.45) is 10.3 Å². The first kappa shape index (κ1) is 13.0. The molecule has 0 fully saturated rings. The van der Waals surface area contributed by atoms with E-state index in [1.54, 1.807) is 13.4 Å². The summed E-state index contributed by atoms with van der Waals surface area (Å²) in [5.74, 6) is 0.753. The molecule has 21 heavy (non-hydrogen) atoms. The third kappa shape index (κ3) is 2.94. The highest BCUT2D eigenvalue weighted by atomic mass is 15.4. The SMILES string of the molecule is CN=NNc1ccc2ncnc(Nc3ccccc3)c2c1. The number of nitrogens with zero attached hydrogens (tertiary/aromatic N) is 4. The summed E-state index contributed by atoms with van der Waals surface area (Å²) in [7, 11) is 1.61. The zero-order chi connectivity index (χ0) is 14.5. The van der Waals surface area contributed by atoms with Gasteiger partial charge in [0.05, 0.1) is 18.3 Å². The molecule has 0 aliphatic carbocycles. The van der Waals surface area contributed by atoms with Crippen molar-refractivity contribution < 1.29 is 0 Å². The summed E-state index contributed by atoms with van der Waals surface area (Å²) in [6.45, 7) is 0. The van der Waals surface area contributed by atoms with Crippen LogP contribution in [0.25, 0.3) is 10.9 Å². The van der Waals surface area contributed by atoms with E-state index in [-0.39, 0.29) is 0 Å². The summed E-state index contributed by atoms with van der Waals surface area (Å²) in [5, 5.41) is 11.7. The van der Waals surface area contributed by atoms with E-state index in [0.29, 0.717) is 0 Å². The summed E-state index contributed by atoms with van der Waals surface area (Å²) in [6, 6.07) is 15.6. The quantitative estimate of drug-likeness (QED) is 0.562. The summed E-state index contributed by atoms with van der Waals surface area (Å²) in [5.41, 5.74) is 5.52. The molecule has 1 aromatic heterocycles. The van der Waals surface area contributed by atoms with E-state index in [9.17, 15) is 0 Å². The summed E-state index contributed by atoms with van der Waals surface area (Å²) >= 11 is 0. The van der Waals surface area contributed by atoms with Crippen LogP contribution in [0.5, 0.6) is 0 Å². The Bertz CT molecular complexity index is 769. The third-order valence-electron chi connectivity index (χ3n) is 2.95. The van der Waals surface area contributed by atoms with Gasteiger partial charge in [-0.25, -0.2) is 9.97 Å². The van der Waals surface area contributed by atoms with E-state index in [1.165, 1.54) is 0 Å². The Morgan fingerprint density at radius 1 is 0.952 bits per heavy atom. The van der Waals surface area contributed by atoms with Gasteiger partial charge in [-0.2, -0.15) is 5.11 Å². The molecule has 104 valence electrons. The molecule has 6 heteroatoms. The second kappa shape index (κ2) is 5.96. The Morgan fingerprint density at radius 3 is 2.62 bits per heavy atom. The first-order valence-corrected chi connectivity index (χ1v) is 6.48. The van der Waals surface area contributed by atoms with Crippen LogP contribution in [0.3, 0.4) is 0 Å². The number of hydrogen-bond donors (Lipinski definition) is 2. The number of para-hydroxylation sites is 1. The standard InChI is InChI=1S/C15H14N6/c1-16-21-20-12-7-8-14-13(9-12)15(18-10-17-14)19-11-5-3-2-4-6-11/h2-10H,1H3,(H,16,20)(H,17,18,19). The zero-order valence-electron chi connectivity index (χ0n) is 11.5. The minimum atomic E-state index is 0.753. The fraction of sp³-hybridized carbons (Fsp3) is 0.0667. The molecule has 0 saturated carbocycles. The molecule has 3 aromatic rings. The predicted octanol–water partition coefficient (Wildman–Crippen LogP) is 3.78. The first-order valence-electron chi connectivity index (χ1n) is 6.48. The Morgan fingerprint density at radius 2 is 1.81 bits per heavy atom. The van der Waals surface area contributed by atoms with Crippen LogP contribution in [0.2, 0.25) is 0 Å². The maximum atomic E-state index is 4.32. The second-order valence-corrected chi connectivity index (χ2v) is 4.36. The number of aromatic nitrogens is 2. The number of fused-ring (bicyclic) bond motifs is 1. The smallest absolute Gasteiger partial charge is 0.141 e. The van der Waals surface area contributed by atoms with Crippen molar-refractivity contribution in [3.05, 3.63) is 54.9 Å². The van der Waals surface area contributed by atoms with Crippen molar-refractivity contribution in [3.63, 3.8) is 0 Å². The van der Waals surface area contributed by atoms with Gasteiger partial charge in [-0.05, 0) is 30.3 Å². The van der Waals surface area contributed by atoms with Crippen molar-refractivity contribution in [1.82, 2.24) is 9.97 Å². The zero-order valence-corrected chi connectivity index (χ0v) is 11.5. The highest BCUT2D eigenvalue weighted by Gasteiger charge is 2.05. The Hall–Kier alpha value is -3.02. The molecule has 0 aliphatic heterocycles. The largest absolute Gasteiger partial charge is 0.340 e. The van der Waals surface area contributed by atoms with Crippen LogP contribution < -0.4 is 10.7 Å². The van der Waals surface area contributed by atoms with E-state index in [2.05, 4.69) is 31.0 Å².